The molecule has 0 radical (unpaired) electrons. The summed E-state index contributed by atoms with van der Waals surface area (Å²) in [5.41, 5.74) is 2.28. The van der Waals surface area contributed by atoms with Gasteiger partial charge in [0.05, 0.1) is 30.4 Å². The Morgan fingerprint density at radius 3 is 2.35 bits per heavy atom. The van der Waals surface area contributed by atoms with E-state index < -0.39 is 10.7 Å². The number of nitrogens with zero attached hydrogens (tertiary/aromatic N) is 2. The molecule has 1 fully saturated rings. The maximum absolute atomic E-state index is 13.2. The first kappa shape index (κ1) is 16.7. The third-order valence-electron chi connectivity index (χ3n) is 4.71. The highest BCUT2D eigenvalue weighted by molar-refractivity contribution is 6.06. The van der Waals surface area contributed by atoms with E-state index in [4.69, 9.17) is 9.47 Å². The van der Waals surface area contributed by atoms with Crippen molar-refractivity contribution in [3.63, 3.8) is 0 Å². The van der Waals surface area contributed by atoms with Gasteiger partial charge in [0.1, 0.15) is 0 Å². The summed E-state index contributed by atoms with van der Waals surface area (Å²) in [5, 5.41) is 10.8. The van der Waals surface area contributed by atoms with Crippen LogP contribution in [-0.4, -0.2) is 24.0 Å². The van der Waals surface area contributed by atoms with E-state index in [0.717, 1.165) is 24.1 Å². The molecule has 0 N–H and O–H groups in total. The van der Waals surface area contributed by atoms with Crippen molar-refractivity contribution in [3.05, 3.63) is 69.8 Å². The Kier molecular flexibility index (Phi) is 4.18. The number of ether oxygens (including phenoxy) is 2. The molecule has 2 aliphatic heterocycles. The van der Waals surface area contributed by atoms with Gasteiger partial charge in [-0.25, -0.2) is 0 Å². The molecule has 7 heteroatoms. The van der Waals surface area contributed by atoms with E-state index in [1.165, 1.54) is 12.1 Å². The number of para-hydroxylation sites is 1. The maximum atomic E-state index is 13.2. The summed E-state index contributed by atoms with van der Waals surface area (Å²) in [6, 6.07) is 13.7. The molecular formula is C19H18N2O5. The number of anilines is 1. The second kappa shape index (κ2) is 6.51. The fraction of sp³-hybridized carbons (Fsp3) is 0.316. The number of hydrogen-bond donors (Lipinski definition) is 0. The Bertz CT molecular complexity index is 841. The normalized spacial score (nSPS) is 18.6. The number of nitro groups is 1. The average Bonchev–Trinajstić information content (AvgIpc) is 2.83. The molecule has 2 heterocycles. The Labute approximate surface area is 150 Å². The summed E-state index contributed by atoms with van der Waals surface area (Å²) >= 11 is 0. The summed E-state index contributed by atoms with van der Waals surface area (Å²) in [4.78, 5) is 25.2. The van der Waals surface area contributed by atoms with Gasteiger partial charge in [0.25, 0.3) is 17.4 Å². The number of amides is 1. The molecule has 134 valence electrons. The highest BCUT2D eigenvalue weighted by atomic mass is 16.7. The van der Waals surface area contributed by atoms with Crippen LogP contribution in [0, 0.1) is 10.1 Å². The lowest BCUT2D eigenvalue weighted by Crippen LogP contribution is -2.44. The number of fused-ring (bicyclic) bond motifs is 2. The predicted octanol–water partition coefficient (Wildman–Crippen LogP) is 3.12. The number of benzene rings is 2. The Balaban J connectivity index is 1.68. The topological polar surface area (TPSA) is 81.9 Å². The molecule has 26 heavy (non-hydrogen) atoms. The first-order valence-electron chi connectivity index (χ1n) is 8.54. The van der Waals surface area contributed by atoms with Crippen molar-refractivity contribution in [2.45, 2.75) is 25.2 Å². The van der Waals surface area contributed by atoms with Crippen LogP contribution in [0.25, 0.3) is 0 Å². The molecule has 1 saturated heterocycles. The van der Waals surface area contributed by atoms with Crippen LogP contribution in [0.2, 0.25) is 0 Å². The molecule has 1 amide bonds. The molecule has 0 atom stereocenters. The van der Waals surface area contributed by atoms with Crippen LogP contribution in [0.1, 0.15) is 24.0 Å². The van der Waals surface area contributed by atoms with Crippen LogP contribution in [-0.2, 0) is 26.6 Å². The predicted molar refractivity (Wildman–Crippen MR) is 93.5 cm³/mol. The molecular weight excluding hydrogens is 336 g/mol. The van der Waals surface area contributed by atoms with Crippen molar-refractivity contribution in [2.24, 2.45) is 0 Å². The number of nitro benzene ring substituents is 1. The van der Waals surface area contributed by atoms with Crippen LogP contribution >= 0.6 is 0 Å². The van der Waals surface area contributed by atoms with E-state index in [9.17, 15) is 14.9 Å². The summed E-state index contributed by atoms with van der Waals surface area (Å²) in [7, 11) is 0. The van der Waals surface area contributed by atoms with Crippen molar-refractivity contribution in [1.29, 1.82) is 0 Å². The average molecular weight is 354 g/mol. The van der Waals surface area contributed by atoms with Crippen molar-refractivity contribution >= 4 is 17.3 Å². The SMILES string of the molecule is O=C1N(Cc2ccc([N+](=O)[O-])cc2)c2ccccc2C12OCCCCO2. The summed E-state index contributed by atoms with van der Waals surface area (Å²) < 4.78 is 11.8. The molecule has 1 spiro atoms. The van der Waals surface area contributed by atoms with Crippen LogP contribution in [0.5, 0.6) is 0 Å². The second-order valence-electron chi connectivity index (χ2n) is 6.35. The van der Waals surface area contributed by atoms with Gasteiger partial charge in [-0.2, -0.15) is 0 Å². The molecule has 0 aromatic heterocycles. The largest absolute Gasteiger partial charge is 0.338 e. The zero-order valence-electron chi connectivity index (χ0n) is 14.1. The van der Waals surface area contributed by atoms with Gasteiger partial charge in [-0.15, -0.1) is 0 Å². The first-order valence-corrected chi connectivity index (χ1v) is 8.54. The molecule has 7 nitrogen and oxygen atoms in total. The van der Waals surface area contributed by atoms with Gasteiger partial charge in [-0.1, -0.05) is 30.3 Å². The molecule has 0 unspecified atom stereocenters. The Morgan fingerprint density at radius 2 is 1.69 bits per heavy atom. The first-order chi connectivity index (χ1) is 12.6. The Morgan fingerprint density at radius 1 is 1.04 bits per heavy atom. The van der Waals surface area contributed by atoms with Crippen LogP contribution < -0.4 is 4.90 Å². The minimum atomic E-state index is -1.38. The maximum Gasteiger partial charge on any atom is 0.292 e. The smallest absolute Gasteiger partial charge is 0.292 e. The minimum Gasteiger partial charge on any atom is -0.338 e. The zero-order chi connectivity index (χ0) is 18.1. The monoisotopic (exact) mass is 354 g/mol. The second-order valence-corrected chi connectivity index (χ2v) is 6.35. The standard InChI is InChI=1S/C19H18N2O5/c22-18-19(25-11-3-4-12-26-19)16-5-1-2-6-17(16)20(18)13-14-7-9-15(10-8-14)21(23)24/h1-2,5-10H,3-4,11-13H2. The third-order valence-corrected chi connectivity index (χ3v) is 4.71. The highest BCUT2D eigenvalue weighted by Crippen LogP contribution is 2.45. The van der Waals surface area contributed by atoms with Gasteiger partial charge < -0.3 is 14.4 Å². The highest BCUT2D eigenvalue weighted by Gasteiger charge is 2.54. The van der Waals surface area contributed by atoms with Gasteiger partial charge in [-0.05, 0) is 24.5 Å². The molecule has 4 rings (SSSR count). The number of carbonyl (C=O) groups excluding carboxylic acids is 1. The molecule has 2 aromatic carbocycles. The summed E-state index contributed by atoms with van der Waals surface area (Å²) in [5.74, 6) is -1.63. The van der Waals surface area contributed by atoms with E-state index in [-0.39, 0.29) is 11.6 Å². The molecule has 0 bridgehead atoms. The third kappa shape index (κ3) is 2.65. The molecule has 0 aliphatic carbocycles. The fourth-order valence-electron chi connectivity index (χ4n) is 3.41. The van der Waals surface area contributed by atoms with Gasteiger partial charge >= 0.3 is 0 Å². The lowest BCUT2D eigenvalue weighted by atomic mass is 10.1. The van der Waals surface area contributed by atoms with E-state index in [0.29, 0.717) is 25.3 Å². The fourth-order valence-corrected chi connectivity index (χ4v) is 3.41. The van der Waals surface area contributed by atoms with Gasteiger partial charge in [0, 0.05) is 17.7 Å². The number of carbonyl (C=O) groups is 1. The van der Waals surface area contributed by atoms with E-state index in [2.05, 4.69) is 0 Å². The van der Waals surface area contributed by atoms with Gasteiger partial charge in [0.15, 0.2) is 0 Å². The van der Waals surface area contributed by atoms with Crippen molar-refractivity contribution < 1.29 is 19.2 Å². The summed E-state index contributed by atoms with van der Waals surface area (Å²) in [6.45, 7) is 1.22. The van der Waals surface area contributed by atoms with Crippen LogP contribution in [0.3, 0.4) is 0 Å². The van der Waals surface area contributed by atoms with Crippen LogP contribution in [0.4, 0.5) is 11.4 Å². The number of rotatable bonds is 3. The lowest BCUT2D eigenvalue weighted by molar-refractivity contribution is -0.384. The van der Waals surface area contributed by atoms with Crippen molar-refractivity contribution in [3.8, 4) is 0 Å². The van der Waals surface area contributed by atoms with E-state index in [1.54, 1.807) is 17.0 Å². The lowest BCUT2D eigenvalue weighted by Gasteiger charge is -2.27. The van der Waals surface area contributed by atoms with Crippen molar-refractivity contribution in [1.82, 2.24) is 0 Å². The molecule has 2 aliphatic rings. The minimum absolute atomic E-state index is 0.0220. The zero-order valence-corrected chi connectivity index (χ0v) is 14.1. The van der Waals surface area contributed by atoms with E-state index >= 15 is 0 Å². The van der Waals surface area contributed by atoms with Crippen LogP contribution in [0.15, 0.2) is 48.5 Å². The van der Waals surface area contributed by atoms with Gasteiger partial charge in [0.2, 0.25) is 0 Å². The summed E-state index contributed by atoms with van der Waals surface area (Å²) in [6.07, 6.45) is 1.69. The quantitative estimate of drug-likeness (QED) is 0.625. The van der Waals surface area contributed by atoms with Crippen molar-refractivity contribution in [2.75, 3.05) is 18.1 Å². The number of hydrogen-bond acceptors (Lipinski definition) is 5. The Hall–Kier alpha value is -2.77. The molecule has 0 saturated carbocycles. The van der Waals surface area contributed by atoms with E-state index in [1.807, 2.05) is 24.3 Å². The molecule has 2 aromatic rings. The van der Waals surface area contributed by atoms with Gasteiger partial charge in [-0.3, -0.25) is 14.9 Å². The number of non-ortho nitro benzene ring substituents is 1.